The maximum atomic E-state index is 10.5. The lowest BCUT2D eigenvalue weighted by Gasteiger charge is -2.26. The van der Waals surface area contributed by atoms with Gasteiger partial charge in [-0.15, -0.1) is 0 Å². The third-order valence-corrected chi connectivity index (χ3v) is 3.27. The number of nitrogens with two attached hydrogens (primary N) is 1. The van der Waals surface area contributed by atoms with Gasteiger partial charge in [-0.1, -0.05) is 0 Å². The topological polar surface area (TPSA) is 75.3 Å². The summed E-state index contributed by atoms with van der Waals surface area (Å²) < 4.78 is 0. The molecule has 0 saturated heterocycles. The van der Waals surface area contributed by atoms with Gasteiger partial charge in [0.15, 0.2) is 0 Å². The Morgan fingerprint density at radius 2 is 1.92 bits per heavy atom. The summed E-state index contributed by atoms with van der Waals surface area (Å²) in [6.45, 7) is 0. The second-order valence-corrected chi connectivity index (χ2v) is 4.25. The van der Waals surface area contributed by atoms with Crippen molar-refractivity contribution in [2.45, 2.75) is 43.2 Å². The molecule has 4 nitrogen and oxygen atoms in total. The van der Waals surface area contributed by atoms with Gasteiger partial charge in [0.2, 0.25) is 0 Å². The Kier molecular flexibility index (Phi) is 1.39. The van der Waals surface area contributed by atoms with Crippen LogP contribution in [-0.4, -0.2) is 22.3 Å². The zero-order valence-corrected chi connectivity index (χ0v) is 6.97. The van der Waals surface area contributed by atoms with Crippen LogP contribution >= 0.6 is 0 Å². The third kappa shape index (κ3) is 1.06. The zero-order chi connectivity index (χ0) is 8.82. The van der Waals surface area contributed by atoms with Gasteiger partial charge in [-0.05, 0) is 32.1 Å². The van der Waals surface area contributed by atoms with E-state index in [0.717, 1.165) is 32.1 Å². The van der Waals surface area contributed by atoms with E-state index in [0.29, 0.717) is 0 Å². The van der Waals surface area contributed by atoms with E-state index in [1.807, 2.05) is 0 Å². The maximum Gasteiger partial charge on any atom is 0.405 e. The fourth-order valence-corrected chi connectivity index (χ4v) is 2.65. The van der Waals surface area contributed by atoms with Crippen molar-refractivity contribution in [3.05, 3.63) is 0 Å². The smallest absolute Gasteiger partial charge is 0.405 e. The van der Waals surface area contributed by atoms with E-state index in [1.165, 1.54) is 0 Å². The summed E-state index contributed by atoms with van der Waals surface area (Å²) in [4.78, 5) is 10.5. The van der Waals surface area contributed by atoms with Crippen LogP contribution in [0.1, 0.15) is 32.1 Å². The van der Waals surface area contributed by atoms with Gasteiger partial charge in [-0.3, -0.25) is 0 Å². The first-order chi connectivity index (χ1) is 5.54. The van der Waals surface area contributed by atoms with Crippen LogP contribution < -0.4 is 11.1 Å². The molecule has 0 unspecified atom stereocenters. The van der Waals surface area contributed by atoms with E-state index >= 15 is 0 Å². The summed E-state index contributed by atoms with van der Waals surface area (Å²) in [6.07, 6.45) is 3.67. The van der Waals surface area contributed by atoms with Crippen molar-refractivity contribution in [2.75, 3.05) is 0 Å². The monoisotopic (exact) mass is 170 g/mol. The molecular formula is C8H14N2O2. The molecule has 0 aromatic rings. The minimum Gasteiger partial charge on any atom is -0.465 e. The molecule has 0 atom stereocenters. The molecule has 4 heteroatoms. The Morgan fingerprint density at radius 3 is 2.25 bits per heavy atom. The van der Waals surface area contributed by atoms with Gasteiger partial charge in [-0.25, -0.2) is 4.79 Å². The molecule has 2 fully saturated rings. The van der Waals surface area contributed by atoms with Gasteiger partial charge in [0.25, 0.3) is 0 Å². The molecule has 0 aliphatic heterocycles. The fraction of sp³-hybridized carbons (Fsp3) is 0.875. The van der Waals surface area contributed by atoms with Crippen molar-refractivity contribution < 1.29 is 9.90 Å². The highest BCUT2D eigenvalue weighted by molar-refractivity contribution is 5.66. The summed E-state index contributed by atoms with van der Waals surface area (Å²) in [5.41, 5.74) is 5.78. The minimum absolute atomic E-state index is 0.0670. The lowest BCUT2D eigenvalue weighted by molar-refractivity contribution is 0.177. The first-order valence-electron chi connectivity index (χ1n) is 4.34. The number of carboxylic acid groups (broad SMARTS) is 1. The summed E-state index contributed by atoms with van der Waals surface area (Å²) in [5.74, 6) is 0. The van der Waals surface area contributed by atoms with Crippen LogP contribution in [0.2, 0.25) is 0 Å². The minimum atomic E-state index is -0.916. The molecule has 1 amide bonds. The lowest BCUT2D eigenvalue weighted by Crippen LogP contribution is -2.44. The van der Waals surface area contributed by atoms with E-state index < -0.39 is 6.09 Å². The first-order valence-corrected chi connectivity index (χ1v) is 4.34. The highest BCUT2D eigenvalue weighted by Crippen LogP contribution is 2.48. The molecule has 12 heavy (non-hydrogen) atoms. The molecule has 0 aromatic heterocycles. The van der Waals surface area contributed by atoms with E-state index in [4.69, 9.17) is 10.8 Å². The molecule has 2 saturated carbocycles. The van der Waals surface area contributed by atoms with Crippen molar-refractivity contribution in [3.8, 4) is 0 Å². The number of carbonyl (C=O) groups is 1. The van der Waals surface area contributed by atoms with Gasteiger partial charge < -0.3 is 16.2 Å². The molecule has 68 valence electrons. The standard InChI is InChI=1S/C8H14N2O2/c9-7-1-3-8(5-7,4-2-7)10-6(11)12/h10H,1-5,9H2,(H,11,12). The highest BCUT2D eigenvalue weighted by atomic mass is 16.4. The highest BCUT2D eigenvalue weighted by Gasteiger charge is 2.52. The largest absolute Gasteiger partial charge is 0.465 e. The molecule has 2 aliphatic carbocycles. The van der Waals surface area contributed by atoms with Crippen LogP contribution in [0.3, 0.4) is 0 Å². The predicted octanol–water partition coefficient (Wildman–Crippen LogP) is 0.668. The summed E-state index contributed by atoms with van der Waals surface area (Å²) >= 11 is 0. The van der Waals surface area contributed by atoms with Crippen molar-refractivity contribution in [3.63, 3.8) is 0 Å². The second kappa shape index (κ2) is 2.13. The SMILES string of the molecule is NC12CCC(NC(=O)O)(CC1)C2. The maximum absolute atomic E-state index is 10.5. The number of hydrogen-bond donors (Lipinski definition) is 3. The summed E-state index contributed by atoms with van der Waals surface area (Å²) in [6, 6.07) is 0. The van der Waals surface area contributed by atoms with Crippen LogP contribution in [0.25, 0.3) is 0 Å². The van der Waals surface area contributed by atoms with E-state index in [-0.39, 0.29) is 11.1 Å². The fourth-order valence-electron chi connectivity index (χ4n) is 2.65. The van der Waals surface area contributed by atoms with Gasteiger partial charge in [0.05, 0.1) is 0 Å². The number of nitrogens with one attached hydrogen (secondary N) is 1. The number of rotatable bonds is 1. The van der Waals surface area contributed by atoms with Crippen molar-refractivity contribution >= 4 is 6.09 Å². The van der Waals surface area contributed by atoms with Gasteiger partial charge >= 0.3 is 6.09 Å². The molecule has 0 radical (unpaired) electrons. The Labute approximate surface area is 71.1 Å². The van der Waals surface area contributed by atoms with Gasteiger partial charge in [-0.2, -0.15) is 0 Å². The third-order valence-electron chi connectivity index (χ3n) is 3.27. The normalized spacial score (nSPS) is 44.8. The number of amides is 1. The first kappa shape index (κ1) is 7.86. The van der Waals surface area contributed by atoms with E-state index in [2.05, 4.69) is 5.32 Å². The number of hydrogen-bond acceptors (Lipinski definition) is 2. The van der Waals surface area contributed by atoms with Crippen molar-refractivity contribution in [1.29, 1.82) is 0 Å². The zero-order valence-electron chi connectivity index (χ0n) is 6.97. The summed E-state index contributed by atoms with van der Waals surface area (Å²) in [5, 5.41) is 11.2. The van der Waals surface area contributed by atoms with Gasteiger partial charge in [0.1, 0.15) is 0 Å². The van der Waals surface area contributed by atoms with Crippen molar-refractivity contribution in [2.24, 2.45) is 5.73 Å². The second-order valence-electron chi connectivity index (χ2n) is 4.25. The quantitative estimate of drug-likeness (QED) is 0.541. The number of fused-ring (bicyclic) bond motifs is 2. The van der Waals surface area contributed by atoms with Crippen LogP contribution in [-0.2, 0) is 0 Å². The van der Waals surface area contributed by atoms with Crippen LogP contribution in [0, 0.1) is 0 Å². The Balaban J connectivity index is 2.10. The molecule has 0 spiro atoms. The molecule has 0 aromatic carbocycles. The Bertz CT molecular complexity index is 219. The molecule has 4 N–H and O–H groups in total. The molecular weight excluding hydrogens is 156 g/mol. The predicted molar refractivity (Wildman–Crippen MR) is 43.9 cm³/mol. The summed E-state index contributed by atoms with van der Waals surface area (Å²) in [7, 11) is 0. The van der Waals surface area contributed by atoms with Crippen molar-refractivity contribution in [1.82, 2.24) is 5.32 Å². The van der Waals surface area contributed by atoms with Crippen LogP contribution in [0.5, 0.6) is 0 Å². The van der Waals surface area contributed by atoms with E-state index in [1.54, 1.807) is 0 Å². The molecule has 2 aliphatic rings. The molecule has 2 bridgehead atoms. The van der Waals surface area contributed by atoms with Crippen LogP contribution in [0.15, 0.2) is 0 Å². The average Bonchev–Trinajstić information content (AvgIpc) is 2.39. The Morgan fingerprint density at radius 1 is 1.33 bits per heavy atom. The van der Waals surface area contributed by atoms with Gasteiger partial charge in [0, 0.05) is 11.1 Å². The average molecular weight is 170 g/mol. The molecule has 0 heterocycles. The Hall–Kier alpha value is -0.770. The molecule has 2 rings (SSSR count). The lowest BCUT2D eigenvalue weighted by atomic mass is 9.92. The van der Waals surface area contributed by atoms with Crippen LogP contribution in [0.4, 0.5) is 4.79 Å². The van der Waals surface area contributed by atoms with E-state index in [9.17, 15) is 4.79 Å².